The second kappa shape index (κ2) is 10.3. The highest BCUT2D eigenvalue weighted by Gasteiger charge is 2.45. The number of hydrogen-bond acceptors (Lipinski definition) is 4. The second-order valence-corrected chi connectivity index (χ2v) is 10.0. The highest BCUT2D eigenvalue weighted by Crippen LogP contribution is 2.34. The number of aryl methyl sites for hydroxylation is 1. The van der Waals surface area contributed by atoms with E-state index >= 15 is 0 Å². The Labute approximate surface area is 201 Å². The van der Waals surface area contributed by atoms with Crippen LogP contribution in [-0.4, -0.2) is 66.4 Å². The van der Waals surface area contributed by atoms with E-state index in [9.17, 15) is 14.4 Å². The summed E-state index contributed by atoms with van der Waals surface area (Å²) in [6, 6.07) is 5.39. The van der Waals surface area contributed by atoms with Gasteiger partial charge in [0.2, 0.25) is 11.8 Å². The van der Waals surface area contributed by atoms with Crippen LogP contribution in [0.4, 0.5) is 10.5 Å². The number of unbranched alkanes of at least 4 members (excludes halogenated alkanes) is 2. The summed E-state index contributed by atoms with van der Waals surface area (Å²) < 4.78 is 0. The third-order valence-electron chi connectivity index (χ3n) is 7.43. The first kappa shape index (κ1) is 23.9. The van der Waals surface area contributed by atoms with Crippen LogP contribution in [0, 0.1) is 18.8 Å². The van der Waals surface area contributed by atoms with E-state index in [2.05, 4.69) is 24.1 Å². The number of carbonyl (C=O) groups excluding carboxylic acids is 3. The van der Waals surface area contributed by atoms with Gasteiger partial charge >= 0.3 is 6.03 Å². The summed E-state index contributed by atoms with van der Waals surface area (Å²) >= 11 is 6.19. The maximum absolute atomic E-state index is 13.3. The fraction of sp³-hybridized carbons (Fsp3) is 0.640. The molecule has 0 aromatic heterocycles. The number of nitrogens with zero attached hydrogens (tertiary/aromatic N) is 3. The SMILES string of the molecule is CCCCCN1C(=O)NC2CC(C(=O)N3CCN(c4cc(Cl)ccc4C)CC3)CCC2C1=O. The van der Waals surface area contributed by atoms with Gasteiger partial charge in [-0.15, -0.1) is 0 Å². The molecule has 1 aliphatic carbocycles. The third-order valence-corrected chi connectivity index (χ3v) is 7.66. The number of fused-ring (bicyclic) bond motifs is 1. The lowest BCUT2D eigenvalue weighted by Crippen LogP contribution is -2.62. The van der Waals surface area contributed by atoms with Crippen molar-refractivity contribution in [1.29, 1.82) is 0 Å². The molecule has 8 heteroatoms. The summed E-state index contributed by atoms with van der Waals surface area (Å²) in [6.45, 7) is 7.55. The fourth-order valence-electron chi connectivity index (χ4n) is 5.47. The van der Waals surface area contributed by atoms with Crippen LogP contribution in [0.15, 0.2) is 18.2 Å². The smallest absolute Gasteiger partial charge is 0.324 e. The maximum Gasteiger partial charge on any atom is 0.324 e. The Morgan fingerprint density at radius 2 is 1.88 bits per heavy atom. The molecule has 3 atom stereocenters. The molecular weight excluding hydrogens is 440 g/mol. The van der Waals surface area contributed by atoms with Crippen LogP contribution in [0.25, 0.3) is 0 Å². The highest BCUT2D eigenvalue weighted by molar-refractivity contribution is 6.30. The summed E-state index contributed by atoms with van der Waals surface area (Å²) in [5, 5.41) is 3.75. The zero-order valence-corrected chi connectivity index (χ0v) is 20.4. The van der Waals surface area contributed by atoms with Crippen LogP contribution in [0.3, 0.4) is 0 Å². The summed E-state index contributed by atoms with van der Waals surface area (Å²) in [7, 11) is 0. The molecule has 3 unspecified atom stereocenters. The van der Waals surface area contributed by atoms with Crippen LogP contribution in [-0.2, 0) is 9.59 Å². The predicted octanol–water partition coefficient (Wildman–Crippen LogP) is 3.82. The Hall–Kier alpha value is -2.28. The predicted molar refractivity (Wildman–Crippen MR) is 129 cm³/mol. The van der Waals surface area contributed by atoms with E-state index in [1.807, 2.05) is 23.1 Å². The largest absolute Gasteiger partial charge is 0.368 e. The Balaban J connectivity index is 1.32. The number of amides is 4. The number of nitrogens with one attached hydrogen (secondary N) is 1. The van der Waals surface area contributed by atoms with Gasteiger partial charge in [-0.3, -0.25) is 14.5 Å². The van der Waals surface area contributed by atoms with Crippen molar-refractivity contribution >= 4 is 35.1 Å². The number of urea groups is 1. The van der Waals surface area contributed by atoms with E-state index in [-0.39, 0.29) is 35.7 Å². The molecule has 1 aromatic carbocycles. The first-order valence-electron chi connectivity index (χ1n) is 12.3. The van der Waals surface area contributed by atoms with E-state index in [1.165, 1.54) is 10.5 Å². The Bertz CT molecular complexity index is 900. The molecule has 33 heavy (non-hydrogen) atoms. The molecule has 2 aliphatic heterocycles. The normalized spacial score (nSPS) is 25.7. The van der Waals surface area contributed by atoms with Gasteiger partial charge in [-0.2, -0.15) is 0 Å². The summed E-state index contributed by atoms with van der Waals surface area (Å²) in [4.78, 5) is 44.4. The molecule has 1 aromatic rings. The Morgan fingerprint density at radius 1 is 1.12 bits per heavy atom. The second-order valence-electron chi connectivity index (χ2n) is 9.61. The topological polar surface area (TPSA) is 73.0 Å². The van der Waals surface area contributed by atoms with E-state index in [4.69, 9.17) is 11.6 Å². The molecular formula is C25H35ClN4O3. The number of carbonyl (C=O) groups is 3. The van der Waals surface area contributed by atoms with Gasteiger partial charge in [0.05, 0.1) is 5.92 Å². The molecule has 2 heterocycles. The summed E-state index contributed by atoms with van der Waals surface area (Å²) in [6.07, 6.45) is 4.81. The molecule has 1 N–H and O–H groups in total. The number of halogens is 1. The maximum atomic E-state index is 13.3. The first-order valence-corrected chi connectivity index (χ1v) is 12.7. The van der Waals surface area contributed by atoms with Gasteiger partial charge in [0.25, 0.3) is 0 Å². The number of benzene rings is 1. The monoisotopic (exact) mass is 474 g/mol. The zero-order valence-electron chi connectivity index (χ0n) is 19.7. The standard InChI is InChI=1S/C25H35ClN4O3/c1-3-4-5-10-30-24(32)20-9-7-18(15-21(20)27-25(30)33)23(31)29-13-11-28(12-14-29)22-16-19(26)8-6-17(22)2/h6,8,16,18,20-21H,3-5,7,9-15H2,1-2H3,(H,27,33). The first-order chi connectivity index (χ1) is 15.9. The van der Waals surface area contributed by atoms with E-state index in [1.54, 1.807) is 0 Å². The zero-order chi connectivity index (χ0) is 23.5. The van der Waals surface area contributed by atoms with Gasteiger partial charge < -0.3 is 15.1 Å². The summed E-state index contributed by atoms with van der Waals surface area (Å²) in [5.41, 5.74) is 2.31. The van der Waals surface area contributed by atoms with Gasteiger partial charge in [0.1, 0.15) is 0 Å². The quantitative estimate of drug-likeness (QED) is 0.636. The minimum absolute atomic E-state index is 0.0590. The van der Waals surface area contributed by atoms with E-state index in [0.717, 1.165) is 43.1 Å². The van der Waals surface area contributed by atoms with Crippen LogP contribution in [0.1, 0.15) is 51.0 Å². The van der Waals surface area contributed by atoms with E-state index in [0.29, 0.717) is 38.9 Å². The average molecular weight is 475 g/mol. The van der Waals surface area contributed by atoms with Crippen molar-refractivity contribution in [1.82, 2.24) is 15.1 Å². The van der Waals surface area contributed by atoms with E-state index < -0.39 is 0 Å². The van der Waals surface area contributed by atoms with Crippen molar-refractivity contribution in [2.45, 2.75) is 58.4 Å². The van der Waals surface area contributed by atoms with Crippen LogP contribution < -0.4 is 10.2 Å². The minimum atomic E-state index is -0.295. The van der Waals surface area contributed by atoms with Crippen molar-refractivity contribution in [3.63, 3.8) is 0 Å². The lowest BCUT2D eigenvalue weighted by Gasteiger charge is -2.44. The fourth-order valence-corrected chi connectivity index (χ4v) is 5.63. The molecule has 3 fully saturated rings. The number of imide groups is 1. The van der Waals surface area contributed by atoms with Crippen LogP contribution in [0.2, 0.25) is 5.02 Å². The van der Waals surface area contributed by atoms with Gasteiger partial charge in [0.15, 0.2) is 0 Å². The van der Waals surface area contributed by atoms with Gasteiger partial charge in [-0.05, 0) is 50.3 Å². The number of piperazine rings is 1. The molecule has 0 bridgehead atoms. The number of rotatable bonds is 6. The number of anilines is 1. The van der Waals surface area contributed by atoms with Crippen LogP contribution >= 0.6 is 11.6 Å². The summed E-state index contributed by atoms with van der Waals surface area (Å²) in [5.74, 6) is -0.235. The molecule has 4 rings (SSSR count). The lowest BCUT2D eigenvalue weighted by atomic mass is 9.76. The minimum Gasteiger partial charge on any atom is -0.368 e. The van der Waals surface area contributed by atoms with Gasteiger partial charge in [-0.25, -0.2) is 4.79 Å². The van der Waals surface area contributed by atoms with Crippen molar-refractivity contribution < 1.29 is 14.4 Å². The Morgan fingerprint density at radius 3 is 2.61 bits per heavy atom. The molecule has 3 aliphatic rings. The average Bonchev–Trinajstić information content (AvgIpc) is 2.82. The van der Waals surface area contributed by atoms with Crippen molar-refractivity contribution in [2.75, 3.05) is 37.6 Å². The molecule has 0 spiro atoms. The van der Waals surface area contributed by atoms with Crippen LogP contribution in [0.5, 0.6) is 0 Å². The Kier molecular flexibility index (Phi) is 7.47. The molecule has 0 radical (unpaired) electrons. The molecule has 4 amide bonds. The van der Waals surface area contributed by atoms with Crippen molar-refractivity contribution in [3.05, 3.63) is 28.8 Å². The van der Waals surface area contributed by atoms with Gasteiger partial charge in [0, 0.05) is 55.4 Å². The molecule has 1 saturated carbocycles. The highest BCUT2D eigenvalue weighted by atomic mass is 35.5. The van der Waals surface area contributed by atoms with Gasteiger partial charge in [-0.1, -0.05) is 37.4 Å². The number of hydrogen-bond donors (Lipinski definition) is 1. The molecule has 180 valence electrons. The third kappa shape index (κ3) is 5.13. The van der Waals surface area contributed by atoms with Crippen molar-refractivity contribution in [2.24, 2.45) is 11.8 Å². The molecule has 2 saturated heterocycles. The molecule has 7 nitrogen and oxygen atoms in total. The lowest BCUT2D eigenvalue weighted by molar-refractivity contribution is -0.142. The van der Waals surface area contributed by atoms with Crippen molar-refractivity contribution in [3.8, 4) is 0 Å².